The molecule has 0 spiro atoms. The number of imidazole rings is 1. The molecule has 1 aromatic carbocycles. The molecule has 5 heteroatoms. The Morgan fingerprint density at radius 3 is 2.89 bits per heavy atom. The molecular formula is C14H15FN2OS. The Kier molecular flexibility index (Phi) is 4.74. The number of nitrogens with zero attached hydrogens (tertiary/aromatic N) is 2. The van der Waals surface area contributed by atoms with Crippen LogP contribution in [0.15, 0.2) is 41.6 Å². The fourth-order valence-electron chi connectivity index (χ4n) is 1.68. The van der Waals surface area contributed by atoms with Crippen LogP contribution in [0, 0.1) is 5.82 Å². The fourth-order valence-corrected chi connectivity index (χ4v) is 2.52. The molecule has 100 valence electrons. The fraction of sp³-hybridized carbons (Fsp3) is 0.286. The third kappa shape index (κ3) is 3.92. The molecule has 2 aromatic rings. The molecule has 3 nitrogen and oxygen atoms in total. The summed E-state index contributed by atoms with van der Waals surface area (Å²) in [5.41, 5.74) is 0. The molecule has 0 atom stereocenters. The van der Waals surface area contributed by atoms with Gasteiger partial charge >= 0.3 is 0 Å². The van der Waals surface area contributed by atoms with Gasteiger partial charge < -0.3 is 4.57 Å². The predicted molar refractivity (Wildman–Crippen MR) is 73.7 cm³/mol. The third-order valence-corrected chi connectivity index (χ3v) is 3.88. The number of aromatic nitrogens is 2. The SMILES string of the molecule is Cn1ccnc1CCC(=O)CSc1ccccc1F. The van der Waals surface area contributed by atoms with Crippen LogP contribution in [0.3, 0.4) is 0 Å². The first kappa shape index (κ1) is 13.8. The lowest BCUT2D eigenvalue weighted by Crippen LogP contribution is -2.06. The molecule has 0 radical (unpaired) electrons. The number of hydrogen-bond donors (Lipinski definition) is 0. The van der Waals surface area contributed by atoms with E-state index in [0.717, 1.165) is 5.82 Å². The number of Topliss-reactive ketones (excluding diaryl/α,β-unsaturated/α-hetero) is 1. The van der Waals surface area contributed by atoms with Crippen LogP contribution in [0.1, 0.15) is 12.2 Å². The van der Waals surface area contributed by atoms with Crippen molar-refractivity contribution in [3.8, 4) is 0 Å². The monoisotopic (exact) mass is 278 g/mol. The summed E-state index contributed by atoms with van der Waals surface area (Å²) in [6.07, 6.45) is 4.63. The number of benzene rings is 1. The minimum atomic E-state index is -0.274. The van der Waals surface area contributed by atoms with Gasteiger partial charge in [-0.3, -0.25) is 4.79 Å². The standard InChI is InChI=1S/C14H15FN2OS/c1-17-9-8-16-14(17)7-6-11(18)10-19-13-5-3-2-4-12(13)15/h2-5,8-9H,6-7,10H2,1H3. The summed E-state index contributed by atoms with van der Waals surface area (Å²) >= 11 is 1.24. The van der Waals surface area contributed by atoms with Crippen LogP contribution in [0.25, 0.3) is 0 Å². The molecule has 0 aliphatic heterocycles. The van der Waals surface area contributed by atoms with Gasteiger partial charge in [0.15, 0.2) is 0 Å². The first-order valence-corrected chi connectivity index (χ1v) is 7.00. The predicted octanol–water partition coefficient (Wildman–Crippen LogP) is 2.85. The van der Waals surface area contributed by atoms with Crippen LogP contribution < -0.4 is 0 Å². The highest BCUT2D eigenvalue weighted by molar-refractivity contribution is 8.00. The summed E-state index contributed by atoms with van der Waals surface area (Å²) in [5.74, 6) is 1.02. The van der Waals surface area contributed by atoms with E-state index in [9.17, 15) is 9.18 Å². The summed E-state index contributed by atoms with van der Waals surface area (Å²) in [5, 5.41) is 0. The van der Waals surface area contributed by atoms with Crippen molar-refractivity contribution < 1.29 is 9.18 Å². The van der Waals surface area contributed by atoms with E-state index < -0.39 is 0 Å². The second-order valence-electron chi connectivity index (χ2n) is 4.21. The van der Waals surface area contributed by atoms with Gasteiger partial charge in [0, 0.05) is 37.2 Å². The summed E-state index contributed by atoms with van der Waals surface area (Å²) < 4.78 is 15.3. The highest BCUT2D eigenvalue weighted by Gasteiger charge is 2.08. The van der Waals surface area contributed by atoms with Crippen molar-refractivity contribution in [3.05, 3.63) is 48.3 Å². The average molecular weight is 278 g/mol. The minimum Gasteiger partial charge on any atom is -0.338 e. The molecule has 0 aliphatic rings. The topological polar surface area (TPSA) is 34.9 Å². The molecular weight excluding hydrogens is 263 g/mol. The van der Waals surface area contributed by atoms with Crippen molar-refractivity contribution in [2.75, 3.05) is 5.75 Å². The molecule has 0 fully saturated rings. The Hall–Kier alpha value is -1.62. The minimum absolute atomic E-state index is 0.108. The average Bonchev–Trinajstić information content (AvgIpc) is 2.81. The van der Waals surface area contributed by atoms with Gasteiger partial charge in [-0.15, -0.1) is 11.8 Å². The molecule has 0 unspecified atom stereocenters. The van der Waals surface area contributed by atoms with Crippen molar-refractivity contribution in [1.82, 2.24) is 9.55 Å². The molecule has 0 aliphatic carbocycles. The van der Waals surface area contributed by atoms with E-state index in [2.05, 4.69) is 4.98 Å². The molecule has 2 rings (SSSR count). The van der Waals surface area contributed by atoms with Gasteiger partial charge in [-0.1, -0.05) is 12.1 Å². The van der Waals surface area contributed by atoms with Crippen molar-refractivity contribution in [3.63, 3.8) is 0 Å². The van der Waals surface area contributed by atoms with Gasteiger partial charge in [0.25, 0.3) is 0 Å². The lowest BCUT2D eigenvalue weighted by atomic mass is 10.2. The van der Waals surface area contributed by atoms with Crippen molar-refractivity contribution in [1.29, 1.82) is 0 Å². The molecule has 1 aromatic heterocycles. The second kappa shape index (κ2) is 6.52. The number of ketones is 1. The van der Waals surface area contributed by atoms with Gasteiger partial charge in [0.05, 0.1) is 5.75 Å². The van der Waals surface area contributed by atoms with Crippen molar-refractivity contribution >= 4 is 17.5 Å². The van der Waals surface area contributed by atoms with E-state index in [1.807, 2.05) is 17.8 Å². The normalized spacial score (nSPS) is 10.6. The number of halogens is 1. The summed E-state index contributed by atoms with van der Waals surface area (Å²) in [6, 6.07) is 6.50. The summed E-state index contributed by atoms with van der Waals surface area (Å²) in [6.45, 7) is 0. The van der Waals surface area contributed by atoms with E-state index in [4.69, 9.17) is 0 Å². The molecule has 0 bridgehead atoms. The molecule has 0 N–H and O–H groups in total. The Morgan fingerprint density at radius 2 is 2.21 bits per heavy atom. The quantitative estimate of drug-likeness (QED) is 0.762. The molecule has 1 heterocycles. The van der Waals surface area contributed by atoms with Crippen LogP contribution >= 0.6 is 11.8 Å². The van der Waals surface area contributed by atoms with Gasteiger partial charge in [0.2, 0.25) is 0 Å². The Balaban J connectivity index is 1.79. The zero-order chi connectivity index (χ0) is 13.7. The van der Waals surface area contributed by atoms with E-state index in [-0.39, 0.29) is 11.6 Å². The van der Waals surface area contributed by atoms with E-state index in [0.29, 0.717) is 23.5 Å². The van der Waals surface area contributed by atoms with Crippen LogP contribution in [-0.2, 0) is 18.3 Å². The maximum Gasteiger partial charge on any atom is 0.143 e. The zero-order valence-corrected chi connectivity index (χ0v) is 11.5. The van der Waals surface area contributed by atoms with Crippen molar-refractivity contribution in [2.45, 2.75) is 17.7 Å². The van der Waals surface area contributed by atoms with Gasteiger partial charge in [-0.2, -0.15) is 0 Å². The van der Waals surface area contributed by atoms with E-state index in [1.165, 1.54) is 17.8 Å². The van der Waals surface area contributed by atoms with Crippen molar-refractivity contribution in [2.24, 2.45) is 7.05 Å². The molecule has 19 heavy (non-hydrogen) atoms. The van der Waals surface area contributed by atoms with Gasteiger partial charge in [0.1, 0.15) is 17.4 Å². The highest BCUT2D eigenvalue weighted by atomic mass is 32.2. The first-order chi connectivity index (χ1) is 9.16. The largest absolute Gasteiger partial charge is 0.338 e. The van der Waals surface area contributed by atoms with Gasteiger partial charge in [-0.05, 0) is 12.1 Å². The third-order valence-electron chi connectivity index (χ3n) is 2.77. The number of carbonyl (C=O) groups excluding carboxylic acids is 1. The highest BCUT2D eigenvalue weighted by Crippen LogP contribution is 2.21. The zero-order valence-electron chi connectivity index (χ0n) is 10.7. The summed E-state index contributed by atoms with van der Waals surface area (Å²) in [4.78, 5) is 16.4. The lowest BCUT2D eigenvalue weighted by Gasteiger charge is -2.03. The molecule has 0 amide bonds. The number of rotatable bonds is 6. The van der Waals surface area contributed by atoms with E-state index >= 15 is 0 Å². The maximum absolute atomic E-state index is 13.4. The number of carbonyl (C=O) groups is 1. The smallest absolute Gasteiger partial charge is 0.143 e. The molecule has 0 saturated carbocycles. The Morgan fingerprint density at radius 1 is 1.42 bits per heavy atom. The number of hydrogen-bond acceptors (Lipinski definition) is 3. The van der Waals surface area contributed by atoms with Crippen LogP contribution in [-0.4, -0.2) is 21.1 Å². The van der Waals surface area contributed by atoms with E-state index in [1.54, 1.807) is 24.4 Å². The first-order valence-electron chi connectivity index (χ1n) is 6.02. The lowest BCUT2D eigenvalue weighted by molar-refractivity contribution is -0.116. The van der Waals surface area contributed by atoms with Crippen LogP contribution in [0.5, 0.6) is 0 Å². The number of thioether (sulfide) groups is 1. The molecule has 0 saturated heterocycles. The summed E-state index contributed by atoms with van der Waals surface area (Å²) in [7, 11) is 1.90. The second-order valence-corrected chi connectivity index (χ2v) is 5.23. The maximum atomic E-state index is 13.4. The Labute approximate surface area is 115 Å². The van der Waals surface area contributed by atoms with Crippen LogP contribution in [0.2, 0.25) is 0 Å². The number of aryl methyl sites for hydroxylation is 2. The van der Waals surface area contributed by atoms with Crippen LogP contribution in [0.4, 0.5) is 4.39 Å². The Bertz CT molecular complexity index is 568. The van der Waals surface area contributed by atoms with Gasteiger partial charge in [-0.25, -0.2) is 9.37 Å².